The monoisotopic (exact) mass is 139 g/mol. The summed E-state index contributed by atoms with van der Waals surface area (Å²) in [6.07, 6.45) is 9.21. The van der Waals surface area contributed by atoms with E-state index in [1.807, 2.05) is 0 Å². The van der Waals surface area contributed by atoms with E-state index >= 15 is 0 Å². The molecule has 0 aliphatic heterocycles. The Balaban J connectivity index is 3.02. The van der Waals surface area contributed by atoms with Gasteiger partial charge in [-0.15, -0.1) is 0 Å². The molecule has 0 aliphatic carbocycles. The minimum absolute atomic E-state index is 0.837. The molecule has 0 aromatic heterocycles. The van der Waals surface area contributed by atoms with Crippen molar-refractivity contribution in [3.63, 3.8) is 0 Å². The lowest BCUT2D eigenvalue weighted by Gasteiger charge is -1.98. The van der Waals surface area contributed by atoms with Crippen molar-refractivity contribution in [1.29, 1.82) is 0 Å². The molecular weight excluding hydrogens is 120 g/mol. The first-order valence-electron chi connectivity index (χ1n) is 4.21. The van der Waals surface area contributed by atoms with Crippen LogP contribution in [-0.4, -0.2) is 0 Å². The van der Waals surface area contributed by atoms with Crippen molar-refractivity contribution in [1.82, 2.24) is 0 Å². The molecule has 0 saturated carbocycles. The molecule has 0 aliphatic rings. The van der Waals surface area contributed by atoms with Crippen LogP contribution < -0.4 is 0 Å². The highest BCUT2D eigenvalue weighted by Crippen LogP contribution is 2.04. The standard InChI is InChI=1S/C10H19/c1-4-5-6-7-8-9-10(2)3/h6-7,10H,1,4-5,8-9H2,2-3H3. The first-order chi connectivity index (χ1) is 4.77. The summed E-state index contributed by atoms with van der Waals surface area (Å²) in [4.78, 5) is 0. The van der Waals surface area contributed by atoms with E-state index in [0.29, 0.717) is 0 Å². The van der Waals surface area contributed by atoms with E-state index in [0.717, 1.165) is 18.8 Å². The summed E-state index contributed by atoms with van der Waals surface area (Å²) in [5, 5.41) is 0. The first kappa shape index (κ1) is 9.74. The van der Waals surface area contributed by atoms with Gasteiger partial charge >= 0.3 is 0 Å². The van der Waals surface area contributed by atoms with E-state index in [9.17, 15) is 0 Å². The van der Waals surface area contributed by atoms with Gasteiger partial charge in [-0.2, -0.15) is 0 Å². The predicted octanol–water partition coefficient (Wildman–Crippen LogP) is 3.59. The summed E-state index contributed by atoms with van der Waals surface area (Å²) in [5.41, 5.74) is 0. The summed E-state index contributed by atoms with van der Waals surface area (Å²) in [7, 11) is 0. The third kappa shape index (κ3) is 7.74. The Kier molecular flexibility index (Phi) is 6.68. The number of rotatable bonds is 5. The maximum absolute atomic E-state index is 3.77. The van der Waals surface area contributed by atoms with E-state index in [1.54, 1.807) is 0 Å². The molecule has 0 aromatic carbocycles. The Labute approximate surface area is 65.3 Å². The second-order valence-corrected chi connectivity index (χ2v) is 3.08. The van der Waals surface area contributed by atoms with Crippen LogP contribution in [0, 0.1) is 12.8 Å². The highest BCUT2D eigenvalue weighted by Gasteiger charge is 1.88. The second kappa shape index (κ2) is 6.85. The van der Waals surface area contributed by atoms with Gasteiger partial charge in [0.2, 0.25) is 0 Å². The van der Waals surface area contributed by atoms with Gasteiger partial charge < -0.3 is 0 Å². The van der Waals surface area contributed by atoms with Crippen LogP contribution in [0.5, 0.6) is 0 Å². The zero-order valence-electron chi connectivity index (χ0n) is 7.27. The van der Waals surface area contributed by atoms with Crippen LogP contribution in [0.25, 0.3) is 0 Å². The van der Waals surface area contributed by atoms with Gasteiger partial charge in [0.1, 0.15) is 0 Å². The Bertz CT molecular complexity index is 80.0. The first-order valence-corrected chi connectivity index (χ1v) is 4.21. The summed E-state index contributed by atoms with van der Waals surface area (Å²) in [6, 6.07) is 0. The summed E-state index contributed by atoms with van der Waals surface area (Å²) in [6.45, 7) is 8.29. The maximum atomic E-state index is 3.77. The third-order valence-electron chi connectivity index (χ3n) is 1.45. The molecule has 0 aromatic rings. The van der Waals surface area contributed by atoms with Crippen LogP contribution in [-0.2, 0) is 0 Å². The largest absolute Gasteiger partial charge is 0.0885 e. The van der Waals surface area contributed by atoms with Crippen molar-refractivity contribution in [2.75, 3.05) is 0 Å². The van der Waals surface area contributed by atoms with E-state index < -0.39 is 0 Å². The van der Waals surface area contributed by atoms with E-state index in [4.69, 9.17) is 0 Å². The molecule has 0 saturated heterocycles. The van der Waals surface area contributed by atoms with Gasteiger partial charge in [0.15, 0.2) is 0 Å². The number of allylic oxidation sites excluding steroid dienone is 2. The lowest BCUT2D eigenvalue weighted by Crippen LogP contribution is -1.83. The fraction of sp³-hybridized carbons (Fsp3) is 0.700. The predicted molar refractivity (Wildman–Crippen MR) is 47.8 cm³/mol. The van der Waals surface area contributed by atoms with Crippen molar-refractivity contribution in [2.24, 2.45) is 5.92 Å². The molecule has 1 radical (unpaired) electrons. The Hall–Kier alpha value is -0.260. The fourth-order valence-electron chi connectivity index (χ4n) is 0.783. The minimum atomic E-state index is 0.837. The Morgan fingerprint density at radius 1 is 1.20 bits per heavy atom. The maximum Gasteiger partial charge on any atom is -0.0348 e. The van der Waals surface area contributed by atoms with E-state index in [2.05, 4.69) is 32.9 Å². The van der Waals surface area contributed by atoms with Crippen LogP contribution in [0.15, 0.2) is 12.2 Å². The minimum Gasteiger partial charge on any atom is -0.0885 e. The van der Waals surface area contributed by atoms with Crippen molar-refractivity contribution in [3.8, 4) is 0 Å². The molecule has 10 heavy (non-hydrogen) atoms. The lowest BCUT2D eigenvalue weighted by molar-refractivity contribution is 0.594. The summed E-state index contributed by atoms with van der Waals surface area (Å²) in [5.74, 6) is 0.837. The van der Waals surface area contributed by atoms with Crippen molar-refractivity contribution >= 4 is 0 Å². The smallest absolute Gasteiger partial charge is 0.0348 e. The van der Waals surface area contributed by atoms with Gasteiger partial charge in [0.05, 0.1) is 0 Å². The van der Waals surface area contributed by atoms with Crippen molar-refractivity contribution in [2.45, 2.75) is 39.5 Å². The summed E-state index contributed by atoms with van der Waals surface area (Å²) < 4.78 is 0. The molecule has 0 unspecified atom stereocenters. The van der Waals surface area contributed by atoms with Crippen LogP contribution in [0.1, 0.15) is 39.5 Å². The average Bonchev–Trinajstić information content (AvgIpc) is 1.87. The fourth-order valence-corrected chi connectivity index (χ4v) is 0.783. The second-order valence-electron chi connectivity index (χ2n) is 3.08. The molecule has 0 fully saturated rings. The van der Waals surface area contributed by atoms with Crippen LogP contribution in [0.3, 0.4) is 0 Å². The average molecular weight is 139 g/mol. The van der Waals surface area contributed by atoms with E-state index in [-0.39, 0.29) is 0 Å². The van der Waals surface area contributed by atoms with Gasteiger partial charge in [-0.25, -0.2) is 0 Å². The van der Waals surface area contributed by atoms with Gasteiger partial charge in [-0.3, -0.25) is 0 Å². The molecule has 0 spiro atoms. The molecule has 0 amide bonds. The molecule has 59 valence electrons. The normalized spacial score (nSPS) is 11.6. The molecule has 0 rings (SSSR count). The molecule has 0 atom stereocenters. The van der Waals surface area contributed by atoms with Gasteiger partial charge in [-0.1, -0.05) is 32.9 Å². The lowest BCUT2D eigenvalue weighted by atomic mass is 10.1. The van der Waals surface area contributed by atoms with Gasteiger partial charge in [-0.05, 0) is 31.6 Å². The van der Waals surface area contributed by atoms with Crippen LogP contribution in [0.4, 0.5) is 0 Å². The Morgan fingerprint density at radius 3 is 2.30 bits per heavy atom. The van der Waals surface area contributed by atoms with Crippen molar-refractivity contribution < 1.29 is 0 Å². The third-order valence-corrected chi connectivity index (χ3v) is 1.45. The molecule has 0 nitrogen and oxygen atoms in total. The molecule has 0 heterocycles. The van der Waals surface area contributed by atoms with Crippen molar-refractivity contribution in [3.05, 3.63) is 19.1 Å². The van der Waals surface area contributed by atoms with E-state index in [1.165, 1.54) is 12.8 Å². The SMILES string of the molecule is [CH2]CCC=CCCC(C)C. The highest BCUT2D eigenvalue weighted by atomic mass is 13.9. The zero-order chi connectivity index (χ0) is 7.82. The van der Waals surface area contributed by atoms with Crippen LogP contribution >= 0.6 is 0 Å². The number of hydrogen-bond acceptors (Lipinski definition) is 0. The summed E-state index contributed by atoms with van der Waals surface area (Å²) >= 11 is 0. The topological polar surface area (TPSA) is 0 Å². The molecule has 0 heteroatoms. The molecule has 0 N–H and O–H groups in total. The molecular formula is C10H19. The highest BCUT2D eigenvalue weighted by molar-refractivity contribution is 4.81. The number of hydrogen-bond donors (Lipinski definition) is 0. The quantitative estimate of drug-likeness (QED) is 0.510. The Morgan fingerprint density at radius 2 is 1.80 bits per heavy atom. The molecule has 0 bridgehead atoms. The van der Waals surface area contributed by atoms with Crippen LogP contribution in [0.2, 0.25) is 0 Å². The zero-order valence-corrected chi connectivity index (χ0v) is 7.27. The van der Waals surface area contributed by atoms with Gasteiger partial charge in [0.25, 0.3) is 0 Å². The van der Waals surface area contributed by atoms with Gasteiger partial charge in [0, 0.05) is 0 Å². The number of unbranched alkanes of at least 4 members (excludes halogenated alkanes) is 1.